The molecule has 0 saturated carbocycles. The largest absolute Gasteiger partial charge is 0.336 e. The Hall–Kier alpha value is -2.27. The molecule has 24 heavy (non-hydrogen) atoms. The molecular weight excluding hydrogens is 320 g/mol. The minimum atomic E-state index is -0.0379. The highest BCUT2D eigenvalue weighted by molar-refractivity contribution is 7.09. The van der Waals surface area contributed by atoms with Crippen molar-refractivity contribution < 1.29 is 9.59 Å². The quantitative estimate of drug-likeness (QED) is 0.615. The lowest BCUT2D eigenvalue weighted by Crippen LogP contribution is -2.35. The minimum absolute atomic E-state index is 0.00738. The lowest BCUT2D eigenvalue weighted by atomic mass is 10.0. The Morgan fingerprint density at radius 2 is 2.12 bits per heavy atom. The third-order valence-corrected chi connectivity index (χ3v) is 5.00. The van der Waals surface area contributed by atoms with Gasteiger partial charge in [0.15, 0.2) is 5.78 Å². The number of amides is 1. The monoisotopic (exact) mass is 340 g/mol. The van der Waals surface area contributed by atoms with Crippen LogP contribution in [0.5, 0.6) is 0 Å². The van der Waals surface area contributed by atoms with Crippen molar-refractivity contribution in [3.05, 3.63) is 58.1 Å². The molecular formula is C19H20N2O2S. The molecule has 1 aromatic carbocycles. The summed E-state index contributed by atoms with van der Waals surface area (Å²) in [5.74, 6) is 0.0587. The summed E-state index contributed by atoms with van der Waals surface area (Å²) in [6, 6.07) is 9.27. The summed E-state index contributed by atoms with van der Waals surface area (Å²) in [5, 5.41) is 2.91. The SMILES string of the molecule is Cc1nc(C=CC(=O)N2CCCC2CC(=O)c2ccccc2)cs1. The van der Waals surface area contributed by atoms with Crippen molar-refractivity contribution in [2.45, 2.75) is 32.2 Å². The van der Waals surface area contributed by atoms with Crippen LogP contribution in [0.25, 0.3) is 6.08 Å². The molecule has 0 aliphatic carbocycles. The van der Waals surface area contributed by atoms with E-state index >= 15 is 0 Å². The number of aryl methyl sites for hydroxylation is 1. The van der Waals surface area contributed by atoms with Crippen molar-refractivity contribution in [3.8, 4) is 0 Å². The average Bonchev–Trinajstić information content (AvgIpc) is 3.22. The highest BCUT2D eigenvalue weighted by Gasteiger charge is 2.29. The van der Waals surface area contributed by atoms with Crippen LogP contribution in [-0.2, 0) is 4.79 Å². The molecule has 2 aromatic rings. The first-order valence-corrected chi connectivity index (χ1v) is 9.00. The van der Waals surface area contributed by atoms with Gasteiger partial charge in [0.25, 0.3) is 0 Å². The second-order valence-electron chi connectivity index (χ2n) is 5.95. The van der Waals surface area contributed by atoms with Crippen LogP contribution in [0.4, 0.5) is 0 Å². The van der Waals surface area contributed by atoms with Gasteiger partial charge in [-0.05, 0) is 25.8 Å². The Morgan fingerprint density at radius 1 is 1.33 bits per heavy atom. The zero-order valence-electron chi connectivity index (χ0n) is 13.6. The predicted octanol–water partition coefficient (Wildman–Crippen LogP) is 3.73. The van der Waals surface area contributed by atoms with E-state index in [9.17, 15) is 9.59 Å². The number of ketones is 1. The summed E-state index contributed by atoms with van der Waals surface area (Å²) in [5.41, 5.74) is 1.52. The summed E-state index contributed by atoms with van der Waals surface area (Å²) in [6.45, 7) is 2.65. The van der Waals surface area contributed by atoms with E-state index < -0.39 is 0 Å². The van der Waals surface area contributed by atoms with Crippen LogP contribution in [0.3, 0.4) is 0 Å². The Balaban J connectivity index is 1.63. The number of carbonyl (C=O) groups excluding carboxylic acids is 2. The van der Waals surface area contributed by atoms with Crippen molar-refractivity contribution in [1.82, 2.24) is 9.88 Å². The fraction of sp³-hybridized carbons (Fsp3) is 0.316. The molecule has 0 radical (unpaired) electrons. The van der Waals surface area contributed by atoms with Crippen molar-refractivity contribution >= 4 is 29.1 Å². The van der Waals surface area contributed by atoms with Gasteiger partial charge in [-0.25, -0.2) is 4.98 Å². The number of nitrogens with zero attached hydrogens (tertiary/aromatic N) is 2. The van der Waals surface area contributed by atoms with Crippen LogP contribution in [0.1, 0.15) is 40.3 Å². The average molecular weight is 340 g/mol. The van der Waals surface area contributed by atoms with E-state index in [1.54, 1.807) is 23.5 Å². The van der Waals surface area contributed by atoms with E-state index in [1.807, 2.05) is 47.5 Å². The van der Waals surface area contributed by atoms with Gasteiger partial charge in [-0.15, -0.1) is 11.3 Å². The van der Waals surface area contributed by atoms with Crippen LogP contribution < -0.4 is 0 Å². The fourth-order valence-corrected chi connectivity index (χ4v) is 3.58. The first kappa shape index (κ1) is 16.6. The van der Waals surface area contributed by atoms with Gasteiger partial charge in [-0.3, -0.25) is 9.59 Å². The van der Waals surface area contributed by atoms with E-state index in [4.69, 9.17) is 0 Å². The molecule has 0 N–H and O–H groups in total. The lowest BCUT2D eigenvalue weighted by molar-refractivity contribution is -0.126. The molecule has 5 heteroatoms. The van der Waals surface area contributed by atoms with Gasteiger partial charge in [0, 0.05) is 36.0 Å². The first-order chi connectivity index (χ1) is 11.6. The van der Waals surface area contributed by atoms with Crippen LogP contribution in [-0.4, -0.2) is 34.2 Å². The Labute approximate surface area is 145 Å². The summed E-state index contributed by atoms with van der Waals surface area (Å²) in [7, 11) is 0. The van der Waals surface area contributed by atoms with Gasteiger partial charge < -0.3 is 4.90 Å². The molecule has 1 atom stereocenters. The minimum Gasteiger partial charge on any atom is -0.336 e. The molecule has 1 aliphatic rings. The third-order valence-electron chi connectivity index (χ3n) is 4.21. The molecule has 124 valence electrons. The molecule has 4 nitrogen and oxygen atoms in total. The van der Waals surface area contributed by atoms with Crippen LogP contribution >= 0.6 is 11.3 Å². The fourth-order valence-electron chi connectivity index (χ4n) is 3.00. The van der Waals surface area contributed by atoms with Gasteiger partial charge in [-0.1, -0.05) is 30.3 Å². The maximum absolute atomic E-state index is 12.5. The lowest BCUT2D eigenvalue weighted by Gasteiger charge is -2.22. The number of aromatic nitrogens is 1. The number of carbonyl (C=O) groups is 2. The number of hydrogen-bond donors (Lipinski definition) is 0. The zero-order valence-corrected chi connectivity index (χ0v) is 14.5. The summed E-state index contributed by atoms with van der Waals surface area (Å²) in [4.78, 5) is 31.0. The zero-order chi connectivity index (χ0) is 16.9. The van der Waals surface area contributed by atoms with Crippen LogP contribution in [0.15, 0.2) is 41.8 Å². The third kappa shape index (κ3) is 3.97. The van der Waals surface area contributed by atoms with Gasteiger partial charge in [0.1, 0.15) is 0 Å². The van der Waals surface area contributed by atoms with E-state index in [-0.39, 0.29) is 17.7 Å². The number of Topliss-reactive ketones (excluding diaryl/α,β-unsaturated/α-hetero) is 1. The highest BCUT2D eigenvalue weighted by atomic mass is 32.1. The summed E-state index contributed by atoms with van der Waals surface area (Å²) >= 11 is 1.56. The summed E-state index contributed by atoms with van der Waals surface area (Å²) < 4.78 is 0. The maximum Gasteiger partial charge on any atom is 0.246 e. The standard InChI is InChI=1S/C19H20N2O2S/c1-14-20-16(13-24-14)9-10-19(23)21-11-5-8-17(21)12-18(22)15-6-3-2-4-7-15/h2-4,6-7,9-10,13,17H,5,8,11-12H2,1H3. The Kier molecular flexibility index (Phi) is 5.20. The van der Waals surface area contributed by atoms with Crippen LogP contribution in [0.2, 0.25) is 0 Å². The molecule has 1 saturated heterocycles. The van der Waals surface area contributed by atoms with Crippen molar-refractivity contribution in [2.75, 3.05) is 6.54 Å². The van der Waals surface area contributed by atoms with Crippen molar-refractivity contribution in [2.24, 2.45) is 0 Å². The molecule has 1 fully saturated rings. The second-order valence-corrected chi connectivity index (χ2v) is 7.01. The molecule has 3 rings (SSSR count). The normalized spacial score (nSPS) is 17.5. The van der Waals surface area contributed by atoms with Gasteiger partial charge in [-0.2, -0.15) is 0 Å². The number of rotatable bonds is 5. The van der Waals surface area contributed by atoms with E-state index in [1.165, 1.54) is 0 Å². The molecule has 1 amide bonds. The topological polar surface area (TPSA) is 50.3 Å². The molecule has 0 spiro atoms. The predicted molar refractivity (Wildman–Crippen MR) is 96.0 cm³/mol. The van der Waals surface area contributed by atoms with Crippen molar-refractivity contribution in [3.63, 3.8) is 0 Å². The summed E-state index contributed by atoms with van der Waals surface area (Å²) in [6.07, 6.45) is 5.54. The smallest absolute Gasteiger partial charge is 0.246 e. The van der Waals surface area contributed by atoms with Crippen molar-refractivity contribution in [1.29, 1.82) is 0 Å². The Morgan fingerprint density at radius 3 is 2.83 bits per heavy atom. The second kappa shape index (κ2) is 7.53. The van der Waals surface area contributed by atoms with Crippen LogP contribution in [0, 0.1) is 6.92 Å². The van der Waals surface area contributed by atoms with Gasteiger partial charge >= 0.3 is 0 Å². The van der Waals surface area contributed by atoms with E-state index in [0.717, 1.165) is 23.5 Å². The number of likely N-dealkylation sites (tertiary alicyclic amines) is 1. The molecule has 1 aliphatic heterocycles. The van der Waals surface area contributed by atoms with Gasteiger partial charge in [0.05, 0.1) is 10.7 Å². The molecule has 0 bridgehead atoms. The van der Waals surface area contributed by atoms with E-state index in [0.29, 0.717) is 18.5 Å². The molecule has 2 heterocycles. The molecule has 1 unspecified atom stereocenters. The molecule has 1 aromatic heterocycles. The Bertz CT molecular complexity index is 752. The number of benzene rings is 1. The highest BCUT2D eigenvalue weighted by Crippen LogP contribution is 2.22. The number of thiazole rings is 1. The first-order valence-electron chi connectivity index (χ1n) is 8.12. The van der Waals surface area contributed by atoms with E-state index in [2.05, 4.69) is 4.98 Å². The maximum atomic E-state index is 12.5. The van der Waals surface area contributed by atoms with Gasteiger partial charge in [0.2, 0.25) is 5.91 Å². The number of hydrogen-bond acceptors (Lipinski definition) is 4.